The highest BCUT2D eigenvalue weighted by atomic mass is 35.5. The lowest BCUT2D eigenvalue weighted by atomic mass is 10.1. The van der Waals surface area contributed by atoms with Crippen molar-refractivity contribution in [2.24, 2.45) is 0 Å². The largest absolute Gasteiger partial charge is 0.492 e. The van der Waals surface area contributed by atoms with Crippen molar-refractivity contribution in [2.75, 3.05) is 27.3 Å². The van der Waals surface area contributed by atoms with Gasteiger partial charge in [-0.15, -0.1) is 0 Å². The number of methoxy groups -OCH3 is 1. The van der Waals surface area contributed by atoms with Gasteiger partial charge in [0.25, 0.3) is 5.91 Å². The molecular formula is C24H22ClN3O4S. The third-order valence-electron chi connectivity index (χ3n) is 5.37. The van der Waals surface area contributed by atoms with Gasteiger partial charge < -0.3 is 18.9 Å². The summed E-state index contributed by atoms with van der Waals surface area (Å²) in [5, 5.41) is 1.89. The van der Waals surface area contributed by atoms with Crippen LogP contribution in [-0.2, 0) is 20.9 Å². The average Bonchev–Trinajstić information content (AvgIpc) is 3.26. The molecule has 0 aliphatic carbocycles. The Bertz CT molecular complexity index is 1250. The van der Waals surface area contributed by atoms with E-state index in [9.17, 15) is 9.59 Å². The van der Waals surface area contributed by atoms with Crippen molar-refractivity contribution < 1.29 is 19.1 Å². The maximum atomic E-state index is 12.8. The molecule has 0 bridgehead atoms. The molecule has 0 atom stereocenters. The van der Waals surface area contributed by atoms with Crippen LogP contribution in [0.2, 0.25) is 5.02 Å². The number of esters is 1. The molecule has 9 heteroatoms. The minimum absolute atomic E-state index is 0.134. The maximum absolute atomic E-state index is 12.8. The lowest BCUT2D eigenvalue weighted by Gasteiger charge is -2.16. The van der Waals surface area contributed by atoms with E-state index in [2.05, 4.69) is 4.57 Å². The first-order valence-corrected chi connectivity index (χ1v) is 11.0. The van der Waals surface area contributed by atoms with Crippen LogP contribution in [0.5, 0.6) is 5.75 Å². The SMILES string of the molecule is COC(=O)CN1C(=S)N(C)C(=O)/C1=C/c1cn(CCOc2ccc(Cl)cc2)c2ccccc12. The molecular weight excluding hydrogens is 462 g/mol. The predicted molar refractivity (Wildman–Crippen MR) is 131 cm³/mol. The fourth-order valence-electron chi connectivity index (χ4n) is 3.66. The molecule has 170 valence electrons. The zero-order chi connectivity index (χ0) is 23.5. The van der Waals surface area contributed by atoms with Gasteiger partial charge in [0.15, 0.2) is 5.11 Å². The van der Waals surface area contributed by atoms with E-state index < -0.39 is 5.97 Å². The average molecular weight is 484 g/mol. The van der Waals surface area contributed by atoms with Gasteiger partial charge in [0.05, 0.1) is 13.7 Å². The fourth-order valence-corrected chi connectivity index (χ4v) is 4.03. The van der Waals surface area contributed by atoms with Gasteiger partial charge in [-0.3, -0.25) is 14.5 Å². The van der Waals surface area contributed by atoms with Crippen LogP contribution < -0.4 is 4.74 Å². The Balaban J connectivity index is 1.63. The molecule has 1 fully saturated rings. The summed E-state index contributed by atoms with van der Waals surface area (Å²) >= 11 is 11.3. The Morgan fingerprint density at radius 1 is 1.15 bits per heavy atom. The number of carbonyl (C=O) groups is 2. The number of fused-ring (bicyclic) bond motifs is 1. The summed E-state index contributed by atoms with van der Waals surface area (Å²) in [6.07, 6.45) is 3.73. The number of carbonyl (C=O) groups excluding carboxylic acids is 2. The van der Waals surface area contributed by atoms with Gasteiger partial charge in [-0.05, 0) is 48.6 Å². The van der Waals surface area contributed by atoms with Gasteiger partial charge in [-0.1, -0.05) is 29.8 Å². The highest BCUT2D eigenvalue weighted by Gasteiger charge is 2.37. The fraction of sp³-hybridized carbons (Fsp3) is 0.208. The normalized spacial score (nSPS) is 15.1. The molecule has 2 heterocycles. The highest BCUT2D eigenvalue weighted by Crippen LogP contribution is 2.28. The number of aromatic nitrogens is 1. The molecule has 2 aromatic carbocycles. The number of nitrogens with zero attached hydrogens (tertiary/aromatic N) is 3. The van der Waals surface area contributed by atoms with Crippen LogP contribution in [0, 0.1) is 0 Å². The van der Waals surface area contributed by atoms with E-state index in [4.69, 9.17) is 33.3 Å². The molecule has 1 aliphatic heterocycles. The summed E-state index contributed by atoms with van der Waals surface area (Å²) in [5.41, 5.74) is 2.17. The van der Waals surface area contributed by atoms with Crippen LogP contribution in [0.3, 0.4) is 0 Å². The summed E-state index contributed by atoms with van der Waals surface area (Å²) in [5.74, 6) is -0.00955. The lowest BCUT2D eigenvalue weighted by molar-refractivity contribution is -0.140. The number of thiocarbonyl (C=S) groups is 1. The van der Waals surface area contributed by atoms with Gasteiger partial charge >= 0.3 is 5.97 Å². The summed E-state index contributed by atoms with van der Waals surface area (Å²) in [4.78, 5) is 27.6. The zero-order valence-electron chi connectivity index (χ0n) is 18.2. The van der Waals surface area contributed by atoms with Crippen molar-refractivity contribution in [1.29, 1.82) is 0 Å². The van der Waals surface area contributed by atoms with Gasteiger partial charge in [0, 0.05) is 34.7 Å². The first-order valence-electron chi connectivity index (χ1n) is 10.2. The highest BCUT2D eigenvalue weighted by molar-refractivity contribution is 7.80. The molecule has 1 aromatic heterocycles. The molecule has 4 rings (SSSR count). The Labute approximate surface area is 201 Å². The van der Waals surface area contributed by atoms with E-state index in [-0.39, 0.29) is 17.6 Å². The summed E-state index contributed by atoms with van der Waals surface area (Å²) in [6, 6.07) is 15.1. The number of para-hydroxylation sites is 1. The van der Waals surface area contributed by atoms with Crippen molar-refractivity contribution in [3.63, 3.8) is 0 Å². The molecule has 0 saturated carbocycles. The molecule has 1 saturated heterocycles. The topological polar surface area (TPSA) is 64.0 Å². The molecule has 0 unspecified atom stereocenters. The van der Waals surface area contributed by atoms with Crippen molar-refractivity contribution in [2.45, 2.75) is 6.54 Å². The van der Waals surface area contributed by atoms with Crippen LogP contribution in [0.4, 0.5) is 0 Å². The van der Waals surface area contributed by atoms with Gasteiger partial charge in [-0.2, -0.15) is 0 Å². The Kier molecular flexibility index (Phi) is 6.67. The van der Waals surface area contributed by atoms with Crippen molar-refractivity contribution in [3.05, 3.63) is 71.0 Å². The monoisotopic (exact) mass is 483 g/mol. The van der Waals surface area contributed by atoms with Crippen molar-refractivity contribution in [1.82, 2.24) is 14.4 Å². The third kappa shape index (κ3) is 4.72. The van der Waals surface area contributed by atoms with Gasteiger partial charge in [0.2, 0.25) is 0 Å². The van der Waals surface area contributed by atoms with Crippen LogP contribution in [0.25, 0.3) is 17.0 Å². The quantitative estimate of drug-likeness (QED) is 0.288. The predicted octanol–water partition coefficient (Wildman–Crippen LogP) is 3.95. The summed E-state index contributed by atoms with van der Waals surface area (Å²) in [6.45, 7) is 0.922. The first-order chi connectivity index (χ1) is 15.9. The molecule has 33 heavy (non-hydrogen) atoms. The zero-order valence-corrected chi connectivity index (χ0v) is 19.7. The number of likely N-dealkylation sites (N-methyl/N-ethyl adjacent to an activating group) is 1. The van der Waals surface area contributed by atoms with E-state index in [1.54, 1.807) is 25.3 Å². The van der Waals surface area contributed by atoms with Crippen molar-refractivity contribution in [3.8, 4) is 5.75 Å². The third-order valence-corrected chi connectivity index (χ3v) is 6.12. The van der Waals surface area contributed by atoms with Gasteiger partial charge in [-0.25, -0.2) is 0 Å². The second kappa shape index (κ2) is 9.64. The molecule has 0 spiro atoms. The Morgan fingerprint density at radius 3 is 2.61 bits per heavy atom. The molecule has 0 radical (unpaired) electrons. The van der Waals surface area contributed by atoms with E-state index in [1.807, 2.05) is 42.6 Å². The summed E-state index contributed by atoms with van der Waals surface area (Å²) < 4.78 is 12.7. The second-order valence-electron chi connectivity index (χ2n) is 7.44. The molecule has 1 amide bonds. The number of hydrogen-bond donors (Lipinski definition) is 0. The first kappa shape index (κ1) is 22.8. The van der Waals surface area contributed by atoms with E-state index >= 15 is 0 Å². The van der Waals surface area contributed by atoms with E-state index in [0.717, 1.165) is 22.2 Å². The molecule has 7 nitrogen and oxygen atoms in total. The van der Waals surface area contributed by atoms with Crippen LogP contribution >= 0.6 is 23.8 Å². The van der Waals surface area contributed by atoms with E-state index in [1.165, 1.54) is 16.9 Å². The maximum Gasteiger partial charge on any atom is 0.325 e. The van der Waals surface area contributed by atoms with Crippen LogP contribution in [0.15, 0.2) is 60.4 Å². The lowest BCUT2D eigenvalue weighted by Crippen LogP contribution is -2.33. The number of ether oxygens (including phenoxy) is 2. The Morgan fingerprint density at radius 2 is 1.88 bits per heavy atom. The van der Waals surface area contributed by atoms with Crippen molar-refractivity contribution >= 4 is 57.8 Å². The number of rotatable bonds is 7. The summed E-state index contributed by atoms with van der Waals surface area (Å²) in [7, 11) is 2.89. The second-order valence-corrected chi connectivity index (χ2v) is 8.24. The minimum Gasteiger partial charge on any atom is -0.492 e. The molecule has 1 aliphatic rings. The molecule has 3 aromatic rings. The van der Waals surface area contributed by atoms with Crippen LogP contribution in [0.1, 0.15) is 5.56 Å². The van der Waals surface area contributed by atoms with E-state index in [0.29, 0.717) is 23.9 Å². The number of amides is 1. The number of benzene rings is 2. The molecule has 0 N–H and O–H groups in total. The van der Waals surface area contributed by atoms with Crippen LogP contribution in [-0.4, -0.2) is 58.7 Å². The number of halogens is 1. The smallest absolute Gasteiger partial charge is 0.325 e. The Hall–Kier alpha value is -3.36. The minimum atomic E-state index is -0.479. The number of hydrogen-bond acceptors (Lipinski definition) is 5. The van der Waals surface area contributed by atoms with Gasteiger partial charge in [0.1, 0.15) is 24.6 Å². The standard InChI is InChI=1S/C24H22ClN3O4S/c1-26-23(30)21(28(24(26)33)15-22(29)31-2)13-16-14-27(20-6-4-3-5-19(16)20)11-12-32-18-9-7-17(25)8-10-18/h3-10,13-14H,11-12,15H2,1-2H3/b21-13-.